The number of nitrogens with zero attached hydrogens (tertiary/aromatic N) is 1. The van der Waals surface area contributed by atoms with Crippen molar-refractivity contribution in [1.29, 1.82) is 0 Å². The zero-order valence-electron chi connectivity index (χ0n) is 11.6. The van der Waals surface area contributed by atoms with Gasteiger partial charge in [-0.15, -0.1) is 0 Å². The molecule has 0 aromatic heterocycles. The molecule has 0 saturated carbocycles. The number of benzene rings is 1. The quantitative estimate of drug-likeness (QED) is 0.788. The fraction of sp³-hybridized carbons (Fsp3) is 0.500. The molecule has 1 rings (SSSR count). The van der Waals surface area contributed by atoms with E-state index in [4.69, 9.17) is 15.2 Å². The molecule has 6 nitrogen and oxygen atoms in total. The molecule has 19 heavy (non-hydrogen) atoms. The van der Waals surface area contributed by atoms with Gasteiger partial charge in [0.25, 0.3) is 0 Å². The first-order valence-electron chi connectivity index (χ1n) is 5.76. The summed E-state index contributed by atoms with van der Waals surface area (Å²) in [6, 6.07) is 4.40. The molecule has 0 spiro atoms. The van der Waals surface area contributed by atoms with Gasteiger partial charge in [-0.1, -0.05) is 0 Å². The predicted octanol–water partition coefficient (Wildman–Crippen LogP) is 0.933. The smallest absolute Gasteiger partial charge is 0.242 e. The first-order valence-corrected chi connectivity index (χ1v) is 7.20. The zero-order chi connectivity index (χ0) is 14.6. The Kier molecular flexibility index (Phi) is 5.16. The molecular weight excluding hydrogens is 268 g/mol. The van der Waals surface area contributed by atoms with Crippen LogP contribution < -0.4 is 10.5 Å². The molecule has 0 heterocycles. The first-order chi connectivity index (χ1) is 8.78. The van der Waals surface area contributed by atoms with Crippen molar-refractivity contribution in [2.24, 2.45) is 0 Å². The number of ether oxygens (including phenoxy) is 2. The van der Waals surface area contributed by atoms with Crippen LogP contribution in [0.3, 0.4) is 0 Å². The first kappa shape index (κ1) is 15.7. The lowest BCUT2D eigenvalue weighted by Crippen LogP contribution is -2.23. The Bertz CT molecular complexity index is 529. The summed E-state index contributed by atoms with van der Waals surface area (Å²) in [7, 11) is 1.01. The Morgan fingerprint density at radius 2 is 2.00 bits per heavy atom. The van der Waals surface area contributed by atoms with Crippen molar-refractivity contribution in [1.82, 2.24) is 4.31 Å². The maximum absolute atomic E-state index is 12.0. The van der Waals surface area contributed by atoms with Gasteiger partial charge in [0.1, 0.15) is 11.9 Å². The van der Waals surface area contributed by atoms with Crippen LogP contribution in [-0.4, -0.2) is 46.6 Å². The molecule has 1 unspecified atom stereocenters. The molecular formula is C12H20N2O4S. The fourth-order valence-corrected chi connectivity index (χ4v) is 2.39. The van der Waals surface area contributed by atoms with Gasteiger partial charge in [-0.2, -0.15) is 0 Å². The van der Waals surface area contributed by atoms with Crippen LogP contribution >= 0.6 is 0 Å². The van der Waals surface area contributed by atoms with Crippen molar-refractivity contribution in [3.8, 4) is 5.75 Å². The van der Waals surface area contributed by atoms with Crippen molar-refractivity contribution in [3.63, 3.8) is 0 Å². The molecule has 0 aliphatic rings. The van der Waals surface area contributed by atoms with Gasteiger partial charge in [-0.25, -0.2) is 12.7 Å². The molecule has 1 atom stereocenters. The van der Waals surface area contributed by atoms with Crippen molar-refractivity contribution in [3.05, 3.63) is 18.2 Å². The minimum absolute atomic E-state index is 0.145. The zero-order valence-corrected chi connectivity index (χ0v) is 12.4. The van der Waals surface area contributed by atoms with E-state index in [0.29, 0.717) is 18.0 Å². The maximum atomic E-state index is 12.0. The van der Waals surface area contributed by atoms with Crippen molar-refractivity contribution >= 4 is 15.7 Å². The number of nitrogens with two attached hydrogens (primary N) is 1. The lowest BCUT2D eigenvalue weighted by molar-refractivity contribution is 0.0924. The summed E-state index contributed by atoms with van der Waals surface area (Å²) >= 11 is 0. The normalized spacial score (nSPS) is 13.5. The van der Waals surface area contributed by atoms with Crippen molar-refractivity contribution < 1.29 is 17.9 Å². The van der Waals surface area contributed by atoms with Gasteiger partial charge in [0, 0.05) is 27.3 Å². The number of anilines is 1. The predicted molar refractivity (Wildman–Crippen MR) is 73.7 cm³/mol. The van der Waals surface area contributed by atoms with E-state index < -0.39 is 10.0 Å². The van der Waals surface area contributed by atoms with Gasteiger partial charge in [0.05, 0.1) is 17.2 Å². The average molecular weight is 288 g/mol. The Morgan fingerprint density at radius 3 is 2.53 bits per heavy atom. The van der Waals surface area contributed by atoms with Gasteiger partial charge in [0.2, 0.25) is 10.0 Å². The fourth-order valence-electron chi connectivity index (χ4n) is 1.47. The number of methoxy groups -OCH3 is 1. The molecule has 1 aromatic rings. The highest BCUT2D eigenvalue weighted by atomic mass is 32.2. The number of nitrogen functional groups attached to an aromatic ring is 1. The maximum Gasteiger partial charge on any atom is 0.242 e. The highest BCUT2D eigenvalue weighted by Gasteiger charge is 2.19. The molecule has 0 radical (unpaired) electrons. The highest BCUT2D eigenvalue weighted by molar-refractivity contribution is 7.89. The van der Waals surface area contributed by atoms with Crippen LogP contribution in [-0.2, 0) is 14.8 Å². The summed E-state index contributed by atoms with van der Waals surface area (Å²) in [5.74, 6) is 0.340. The molecule has 0 fully saturated rings. The van der Waals surface area contributed by atoms with E-state index in [1.165, 1.54) is 32.3 Å². The lowest BCUT2D eigenvalue weighted by atomic mass is 10.3. The third kappa shape index (κ3) is 3.82. The van der Waals surface area contributed by atoms with Crippen LogP contribution in [0.25, 0.3) is 0 Å². The van der Waals surface area contributed by atoms with E-state index in [2.05, 4.69) is 0 Å². The number of hydrogen-bond acceptors (Lipinski definition) is 5. The number of rotatable bonds is 6. The van der Waals surface area contributed by atoms with Gasteiger partial charge < -0.3 is 15.2 Å². The minimum atomic E-state index is -3.50. The van der Waals surface area contributed by atoms with Crippen molar-refractivity contribution in [2.75, 3.05) is 33.5 Å². The Balaban J connectivity index is 3.08. The van der Waals surface area contributed by atoms with E-state index in [1.54, 1.807) is 7.11 Å². The number of sulfonamides is 1. The van der Waals surface area contributed by atoms with Crippen LogP contribution in [0, 0.1) is 0 Å². The van der Waals surface area contributed by atoms with Crippen LogP contribution in [0.5, 0.6) is 5.75 Å². The summed E-state index contributed by atoms with van der Waals surface area (Å²) in [6.45, 7) is 2.21. The Hall–Kier alpha value is -1.31. The van der Waals surface area contributed by atoms with Crippen molar-refractivity contribution in [2.45, 2.75) is 17.9 Å². The monoisotopic (exact) mass is 288 g/mol. The SMILES string of the molecule is COCC(C)Oc1cc(S(=O)(=O)N(C)C)ccc1N. The topological polar surface area (TPSA) is 81.9 Å². The average Bonchev–Trinajstić information content (AvgIpc) is 2.31. The van der Waals surface area contributed by atoms with E-state index in [9.17, 15) is 8.42 Å². The summed E-state index contributed by atoms with van der Waals surface area (Å²) in [5.41, 5.74) is 6.17. The van der Waals surface area contributed by atoms with Crippen LogP contribution in [0.4, 0.5) is 5.69 Å². The standard InChI is InChI=1S/C12H20N2O4S/c1-9(8-17-4)18-12-7-10(5-6-11(12)13)19(15,16)14(2)3/h5-7,9H,8,13H2,1-4H3. The second-order valence-electron chi connectivity index (χ2n) is 4.37. The van der Waals surface area contributed by atoms with Gasteiger partial charge in [-0.3, -0.25) is 0 Å². The van der Waals surface area contributed by atoms with E-state index in [-0.39, 0.29) is 11.0 Å². The highest BCUT2D eigenvalue weighted by Crippen LogP contribution is 2.27. The van der Waals surface area contributed by atoms with Crippen LogP contribution in [0.2, 0.25) is 0 Å². The second kappa shape index (κ2) is 6.23. The molecule has 0 amide bonds. The molecule has 0 bridgehead atoms. The number of hydrogen-bond donors (Lipinski definition) is 1. The van der Waals surface area contributed by atoms with E-state index >= 15 is 0 Å². The summed E-state index contributed by atoms with van der Waals surface area (Å²) in [6.07, 6.45) is -0.218. The Morgan fingerprint density at radius 1 is 1.37 bits per heavy atom. The molecule has 7 heteroatoms. The van der Waals surface area contributed by atoms with Gasteiger partial charge >= 0.3 is 0 Å². The lowest BCUT2D eigenvalue weighted by Gasteiger charge is -2.17. The van der Waals surface area contributed by atoms with Crippen LogP contribution in [0.15, 0.2) is 23.1 Å². The van der Waals surface area contributed by atoms with Crippen LogP contribution in [0.1, 0.15) is 6.92 Å². The third-order valence-corrected chi connectivity index (χ3v) is 4.30. The molecule has 108 valence electrons. The Labute approximate surface area is 114 Å². The van der Waals surface area contributed by atoms with Gasteiger partial charge in [-0.05, 0) is 19.1 Å². The molecule has 1 aromatic carbocycles. The summed E-state index contributed by atoms with van der Waals surface area (Å²) in [5, 5.41) is 0. The summed E-state index contributed by atoms with van der Waals surface area (Å²) in [4.78, 5) is 0.145. The summed E-state index contributed by atoms with van der Waals surface area (Å²) < 4.78 is 35.7. The van der Waals surface area contributed by atoms with Gasteiger partial charge in [0.15, 0.2) is 0 Å². The molecule has 2 N–H and O–H groups in total. The van der Waals surface area contributed by atoms with E-state index in [1.807, 2.05) is 6.92 Å². The second-order valence-corrected chi connectivity index (χ2v) is 6.52. The van der Waals surface area contributed by atoms with E-state index in [0.717, 1.165) is 4.31 Å². The largest absolute Gasteiger partial charge is 0.486 e. The molecule has 0 aliphatic carbocycles. The minimum Gasteiger partial charge on any atom is -0.486 e. The molecule has 0 saturated heterocycles. The molecule has 0 aliphatic heterocycles. The third-order valence-electron chi connectivity index (χ3n) is 2.49.